The molecule has 104 valence electrons. The topological polar surface area (TPSA) is 38.7 Å². The highest BCUT2D eigenvalue weighted by Crippen LogP contribution is 2.46. The lowest BCUT2D eigenvalue weighted by atomic mass is 9.63. The number of rotatable bonds is 4. The summed E-state index contributed by atoms with van der Waals surface area (Å²) in [6, 6.07) is 6.73. The van der Waals surface area contributed by atoms with Crippen LogP contribution in [0.1, 0.15) is 37.1 Å². The third-order valence-corrected chi connectivity index (χ3v) is 4.32. The van der Waals surface area contributed by atoms with Gasteiger partial charge in [-0.3, -0.25) is 4.98 Å². The molecule has 0 saturated heterocycles. The number of pyridine rings is 1. The molecular weight excluding hydrogens is 277 g/mol. The number of hydrogen-bond donors (Lipinski definition) is 0. The second kappa shape index (κ2) is 5.44. The lowest BCUT2D eigenvalue weighted by Crippen LogP contribution is -2.36. The molecular formula is C15H15ClFN3. The highest BCUT2D eigenvalue weighted by molar-refractivity contribution is 6.29. The van der Waals surface area contributed by atoms with Gasteiger partial charge in [-0.25, -0.2) is 4.39 Å². The van der Waals surface area contributed by atoms with Crippen LogP contribution in [-0.4, -0.2) is 15.2 Å². The van der Waals surface area contributed by atoms with Crippen LogP contribution in [0.3, 0.4) is 0 Å². The summed E-state index contributed by atoms with van der Waals surface area (Å²) < 4.78 is 14.0. The molecule has 2 aromatic rings. The summed E-state index contributed by atoms with van der Waals surface area (Å²) in [5.41, 5.74) is 1.36. The van der Waals surface area contributed by atoms with Crippen LogP contribution in [0, 0.1) is 5.82 Å². The van der Waals surface area contributed by atoms with Crippen molar-refractivity contribution >= 4 is 11.6 Å². The predicted molar refractivity (Wildman–Crippen MR) is 75.1 cm³/mol. The standard InChI is InChI=1S/C15H15ClFN3/c16-13-5-4-11(19-20-13)6-9-15(7-2-8-15)14-12(17)3-1-10-18-14/h1,3-5,10H,2,6-9H2. The molecule has 2 aromatic heterocycles. The molecule has 0 spiro atoms. The Kier molecular flexibility index (Phi) is 3.66. The fraction of sp³-hybridized carbons (Fsp3) is 0.400. The minimum absolute atomic E-state index is 0.132. The molecule has 0 aromatic carbocycles. The van der Waals surface area contributed by atoms with Gasteiger partial charge in [0.1, 0.15) is 5.82 Å². The van der Waals surface area contributed by atoms with Gasteiger partial charge in [0.2, 0.25) is 0 Å². The molecule has 0 amide bonds. The second-order valence-electron chi connectivity index (χ2n) is 5.32. The van der Waals surface area contributed by atoms with Crippen LogP contribution in [0.15, 0.2) is 30.5 Å². The molecule has 0 N–H and O–H groups in total. The summed E-state index contributed by atoms with van der Waals surface area (Å²) in [4.78, 5) is 4.27. The molecule has 5 heteroatoms. The molecule has 2 heterocycles. The molecule has 3 nitrogen and oxygen atoms in total. The minimum atomic E-state index is -0.200. The highest BCUT2D eigenvalue weighted by Gasteiger charge is 2.41. The maximum Gasteiger partial charge on any atom is 0.151 e. The summed E-state index contributed by atoms with van der Waals surface area (Å²) in [7, 11) is 0. The summed E-state index contributed by atoms with van der Waals surface area (Å²) in [6.45, 7) is 0. The maximum absolute atomic E-state index is 14.0. The summed E-state index contributed by atoms with van der Waals surface area (Å²) in [5.74, 6) is -0.200. The van der Waals surface area contributed by atoms with Crippen LogP contribution >= 0.6 is 11.6 Å². The predicted octanol–water partition coefficient (Wildman–Crippen LogP) is 3.72. The molecule has 1 fully saturated rings. The van der Waals surface area contributed by atoms with Crippen LogP contribution in [0.5, 0.6) is 0 Å². The molecule has 0 atom stereocenters. The molecule has 1 aliphatic carbocycles. The van der Waals surface area contributed by atoms with E-state index in [1.54, 1.807) is 18.3 Å². The van der Waals surface area contributed by atoms with Crippen LogP contribution in [0.4, 0.5) is 4.39 Å². The fourth-order valence-corrected chi connectivity index (χ4v) is 2.93. The van der Waals surface area contributed by atoms with Crippen molar-refractivity contribution < 1.29 is 4.39 Å². The number of halogens is 2. The monoisotopic (exact) mass is 291 g/mol. The Balaban J connectivity index is 1.77. The Hall–Kier alpha value is -1.55. The zero-order chi connectivity index (χ0) is 14.0. The van der Waals surface area contributed by atoms with Gasteiger partial charge in [-0.2, -0.15) is 5.10 Å². The van der Waals surface area contributed by atoms with Crippen LogP contribution < -0.4 is 0 Å². The minimum Gasteiger partial charge on any atom is -0.258 e. The third kappa shape index (κ3) is 2.52. The third-order valence-electron chi connectivity index (χ3n) is 4.12. The Morgan fingerprint density at radius 2 is 2.05 bits per heavy atom. The first-order valence-corrected chi connectivity index (χ1v) is 7.17. The lowest BCUT2D eigenvalue weighted by Gasteiger charge is -2.41. The molecule has 0 aliphatic heterocycles. The zero-order valence-corrected chi connectivity index (χ0v) is 11.8. The van der Waals surface area contributed by atoms with E-state index in [1.807, 2.05) is 6.07 Å². The van der Waals surface area contributed by atoms with Crippen molar-refractivity contribution in [1.82, 2.24) is 15.2 Å². The molecule has 1 saturated carbocycles. The number of nitrogens with zero attached hydrogens (tertiary/aromatic N) is 3. The molecule has 3 rings (SSSR count). The van der Waals surface area contributed by atoms with Crippen molar-refractivity contribution in [3.63, 3.8) is 0 Å². The van der Waals surface area contributed by atoms with Gasteiger partial charge in [0.25, 0.3) is 0 Å². The fourth-order valence-electron chi connectivity index (χ4n) is 2.83. The van der Waals surface area contributed by atoms with Gasteiger partial charge in [-0.05, 0) is 49.9 Å². The first-order chi connectivity index (χ1) is 9.70. The maximum atomic E-state index is 14.0. The van der Waals surface area contributed by atoms with Crippen molar-refractivity contribution in [2.24, 2.45) is 0 Å². The number of aryl methyl sites for hydroxylation is 1. The number of aromatic nitrogens is 3. The van der Waals surface area contributed by atoms with Gasteiger partial charge < -0.3 is 0 Å². The van der Waals surface area contributed by atoms with Crippen LogP contribution in [-0.2, 0) is 11.8 Å². The Labute approximate surface area is 122 Å². The van der Waals surface area contributed by atoms with Gasteiger partial charge in [-0.1, -0.05) is 18.0 Å². The van der Waals surface area contributed by atoms with Crippen LogP contribution in [0.25, 0.3) is 0 Å². The summed E-state index contributed by atoms with van der Waals surface area (Å²) in [6.07, 6.45) is 6.38. The molecule has 0 radical (unpaired) electrons. The van der Waals surface area contributed by atoms with Crippen LogP contribution in [0.2, 0.25) is 5.15 Å². The molecule has 0 unspecified atom stereocenters. The molecule has 20 heavy (non-hydrogen) atoms. The van der Waals surface area contributed by atoms with E-state index in [0.717, 1.165) is 37.8 Å². The number of hydrogen-bond acceptors (Lipinski definition) is 3. The smallest absolute Gasteiger partial charge is 0.151 e. The van der Waals surface area contributed by atoms with Crippen molar-refractivity contribution in [1.29, 1.82) is 0 Å². The van der Waals surface area contributed by atoms with Crippen molar-refractivity contribution in [3.8, 4) is 0 Å². The first kappa shape index (κ1) is 13.4. The normalized spacial score (nSPS) is 16.7. The molecule has 0 bridgehead atoms. The van der Waals surface area contributed by atoms with E-state index in [1.165, 1.54) is 6.07 Å². The average molecular weight is 292 g/mol. The first-order valence-electron chi connectivity index (χ1n) is 6.79. The van der Waals surface area contributed by atoms with E-state index in [2.05, 4.69) is 15.2 Å². The summed E-state index contributed by atoms with van der Waals surface area (Å²) >= 11 is 5.72. The van der Waals surface area contributed by atoms with E-state index in [0.29, 0.717) is 10.8 Å². The van der Waals surface area contributed by atoms with Gasteiger partial charge in [0.05, 0.1) is 11.4 Å². The Morgan fingerprint density at radius 3 is 2.65 bits per heavy atom. The van der Waals surface area contributed by atoms with Crippen molar-refractivity contribution in [2.45, 2.75) is 37.5 Å². The molecule has 1 aliphatic rings. The van der Waals surface area contributed by atoms with E-state index < -0.39 is 0 Å². The van der Waals surface area contributed by atoms with E-state index in [9.17, 15) is 4.39 Å². The quantitative estimate of drug-likeness (QED) is 0.862. The Morgan fingerprint density at radius 1 is 1.20 bits per heavy atom. The van der Waals surface area contributed by atoms with Gasteiger partial charge in [0.15, 0.2) is 5.15 Å². The van der Waals surface area contributed by atoms with E-state index >= 15 is 0 Å². The second-order valence-corrected chi connectivity index (χ2v) is 5.70. The van der Waals surface area contributed by atoms with Gasteiger partial charge in [0, 0.05) is 11.6 Å². The summed E-state index contributed by atoms with van der Waals surface area (Å²) in [5, 5.41) is 8.29. The largest absolute Gasteiger partial charge is 0.258 e. The average Bonchev–Trinajstić information content (AvgIpc) is 2.41. The van der Waals surface area contributed by atoms with Crippen molar-refractivity contribution in [2.75, 3.05) is 0 Å². The van der Waals surface area contributed by atoms with Crippen molar-refractivity contribution in [3.05, 3.63) is 52.8 Å². The Bertz CT molecular complexity index is 596. The lowest BCUT2D eigenvalue weighted by molar-refractivity contribution is 0.210. The van der Waals surface area contributed by atoms with E-state index in [4.69, 9.17) is 11.6 Å². The zero-order valence-electron chi connectivity index (χ0n) is 11.0. The van der Waals surface area contributed by atoms with E-state index in [-0.39, 0.29) is 11.2 Å². The highest BCUT2D eigenvalue weighted by atomic mass is 35.5. The SMILES string of the molecule is Fc1cccnc1C1(CCc2ccc(Cl)nn2)CCC1. The van der Waals surface area contributed by atoms with Gasteiger partial charge in [-0.15, -0.1) is 5.10 Å². The van der Waals surface area contributed by atoms with Gasteiger partial charge >= 0.3 is 0 Å².